The van der Waals surface area contributed by atoms with E-state index in [-0.39, 0.29) is 24.4 Å². The largest absolute Gasteiger partial charge is 0.497 e. The van der Waals surface area contributed by atoms with E-state index in [9.17, 15) is 9.59 Å². The molecule has 7 nitrogen and oxygen atoms in total. The molecular formula is C26H26N4O3. The molecule has 2 N–H and O–H groups in total. The Kier molecular flexibility index (Phi) is 5.60. The normalized spacial score (nSPS) is 16.4. The molecule has 0 bridgehead atoms. The minimum absolute atomic E-state index is 0.0529. The fourth-order valence-corrected chi connectivity index (χ4v) is 4.48. The molecule has 2 aromatic heterocycles. The van der Waals surface area contributed by atoms with Crippen molar-refractivity contribution in [1.82, 2.24) is 19.8 Å². The lowest BCUT2D eigenvalue weighted by atomic mass is 10.0. The lowest BCUT2D eigenvalue weighted by Gasteiger charge is -2.41. The summed E-state index contributed by atoms with van der Waals surface area (Å²) in [6.45, 7) is 1.03. The van der Waals surface area contributed by atoms with Crippen LogP contribution in [-0.2, 0) is 17.8 Å². The number of amides is 2. The van der Waals surface area contributed by atoms with Gasteiger partial charge < -0.3 is 24.5 Å². The summed E-state index contributed by atoms with van der Waals surface area (Å²) >= 11 is 0. The number of nitrogens with one attached hydrogen (secondary N) is 2. The average molecular weight is 443 g/mol. The highest BCUT2D eigenvalue weighted by atomic mass is 16.5. The minimum Gasteiger partial charge on any atom is -0.497 e. The third kappa shape index (κ3) is 4.35. The molecule has 0 saturated carbocycles. The predicted octanol–water partition coefficient (Wildman–Crippen LogP) is 3.60. The number of methoxy groups -OCH3 is 1. The first kappa shape index (κ1) is 20.9. The third-order valence-corrected chi connectivity index (χ3v) is 6.18. The zero-order valence-electron chi connectivity index (χ0n) is 18.5. The van der Waals surface area contributed by atoms with E-state index in [0.29, 0.717) is 25.2 Å². The lowest BCUT2D eigenvalue weighted by Crippen LogP contribution is -2.58. The van der Waals surface area contributed by atoms with Crippen LogP contribution in [0, 0.1) is 0 Å². The second-order valence-corrected chi connectivity index (χ2v) is 8.38. The molecule has 7 heteroatoms. The Bertz CT molecular complexity index is 1260. The summed E-state index contributed by atoms with van der Waals surface area (Å²) in [6, 6.07) is 21.3. The monoisotopic (exact) mass is 442 g/mol. The van der Waals surface area contributed by atoms with Crippen molar-refractivity contribution in [3.05, 3.63) is 89.9 Å². The van der Waals surface area contributed by atoms with Crippen molar-refractivity contribution >= 4 is 22.7 Å². The SMILES string of the molecule is COc1ccc2[nH]c(C(=O)N3CC(=O)N(Cc4ccc[nH]4)[C@@H](Cc4ccccc4)C3)cc2c1. The fraction of sp³-hybridized carbons (Fsp3) is 0.231. The van der Waals surface area contributed by atoms with Crippen LogP contribution in [0.4, 0.5) is 0 Å². The van der Waals surface area contributed by atoms with Crippen molar-refractivity contribution in [1.29, 1.82) is 0 Å². The van der Waals surface area contributed by atoms with Crippen LogP contribution in [0.5, 0.6) is 5.75 Å². The van der Waals surface area contributed by atoms with Gasteiger partial charge in [0.2, 0.25) is 5.91 Å². The van der Waals surface area contributed by atoms with Gasteiger partial charge in [-0.3, -0.25) is 9.59 Å². The van der Waals surface area contributed by atoms with E-state index in [0.717, 1.165) is 27.9 Å². The highest BCUT2D eigenvalue weighted by Gasteiger charge is 2.35. The van der Waals surface area contributed by atoms with Crippen molar-refractivity contribution in [2.24, 2.45) is 0 Å². The number of hydrogen-bond donors (Lipinski definition) is 2. The van der Waals surface area contributed by atoms with Gasteiger partial charge in [0.15, 0.2) is 0 Å². The van der Waals surface area contributed by atoms with Gasteiger partial charge in [-0.05, 0) is 48.4 Å². The first-order valence-electron chi connectivity index (χ1n) is 11.0. The number of benzene rings is 2. The number of carbonyl (C=O) groups is 2. The standard InChI is InChI=1S/C26H26N4O3/c1-33-22-9-10-23-19(13-22)14-24(28-23)26(32)29-16-21(12-18-6-3-2-4-7-18)30(25(31)17-29)15-20-8-5-11-27-20/h2-11,13-14,21,27-28H,12,15-17H2,1H3/t21-/m0/s1. The summed E-state index contributed by atoms with van der Waals surface area (Å²) in [5.41, 5.74) is 3.45. The quantitative estimate of drug-likeness (QED) is 0.479. The molecule has 0 unspecified atom stereocenters. The van der Waals surface area contributed by atoms with Crippen LogP contribution in [0.3, 0.4) is 0 Å². The van der Waals surface area contributed by atoms with Gasteiger partial charge in [-0.2, -0.15) is 0 Å². The number of piperazine rings is 1. The molecule has 1 saturated heterocycles. The van der Waals surface area contributed by atoms with E-state index in [1.807, 2.05) is 65.7 Å². The molecule has 0 radical (unpaired) electrons. The summed E-state index contributed by atoms with van der Waals surface area (Å²) in [7, 11) is 1.62. The molecule has 2 amide bonds. The Morgan fingerprint density at radius 1 is 1.09 bits per heavy atom. The summed E-state index contributed by atoms with van der Waals surface area (Å²) in [5.74, 6) is 0.510. The van der Waals surface area contributed by atoms with E-state index in [2.05, 4.69) is 22.1 Å². The Morgan fingerprint density at radius 3 is 2.70 bits per heavy atom. The molecule has 5 rings (SSSR count). The van der Waals surface area contributed by atoms with Gasteiger partial charge in [0, 0.05) is 29.3 Å². The van der Waals surface area contributed by atoms with E-state index in [1.165, 1.54) is 0 Å². The Morgan fingerprint density at radius 2 is 1.94 bits per heavy atom. The molecule has 33 heavy (non-hydrogen) atoms. The molecule has 168 valence electrons. The van der Waals surface area contributed by atoms with Crippen molar-refractivity contribution in [3.63, 3.8) is 0 Å². The molecule has 4 aromatic rings. The maximum atomic E-state index is 13.4. The minimum atomic E-state index is -0.170. The predicted molar refractivity (Wildman–Crippen MR) is 126 cm³/mol. The first-order chi connectivity index (χ1) is 16.1. The molecule has 3 heterocycles. The van der Waals surface area contributed by atoms with E-state index < -0.39 is 0 Å². The van der Waals surface area contributed by atoms with Gasteiger partial charge in [-0.25, -0.2) is 0 Å². The molecule has 2 aromatic carbocycles. The van der Waals surface area contributed by atoms with Crippen LogP contribution in [0.2, 0.25) is 0 Å². The molecule has 0 aliphatic carbocycles. The van der Waals surface area contributed by atoms with Crippen molar-refractivity contribution in [2.75, 3.05) is 20.2 Å². The highest BCUT2D eigenvalue weighted by molar-refractivity contribution is 6.00. The average Bonchev–Trinajstić information content (AvgIpc) is 3.50. The molecule has 1 fully saturated rings. The molecule has 1 atom stereocenters. The van der Waals surface area contributed by atoms with Crippen LogP contribution in [-0.4, -0.2) is 57.8 Å². The van der Waals surface area contributed by atoms with Gasteiger partial charge in [0.05, 0.1) is 19.7 Å². The van der Waals surface area contributed by atoms with Crippen molar-refractivity contribution < 1.29 is 14.3 Å². The van der Waals surface area contributed by atoms with Crippen LogP contribution >= 0.6 is 0 Å². The van der Waals surface area contributed by atoms with Crippen LogP contribution in [0.25, 0.3) is 10.9 Å². The third-order valence-electron chi connectivity index (χ3n) is 6.18. The number of H-pyrrole nitrogens is 2. The number of fused-ring (bicyclic) bond motifs is 1. The number of nitrogens with zero attached hydrogens (tertiary/aromatic N) is 2. The number of ether oxygens (including phenoxy) is 1. The summed E-state index contributed by atoms with van der Waals surface area (Å²) in [4.78, 5) is 36.5. The smallest absolute Gasteiger partial charge is 0.270 e. The number of aromatic nitrogens is 2. The Labute approximate surface area is 192 Å². The van der Waals surface area contributed by atoms with E-state index in [4.69, 9.17) is 4.74 Å². The van der Waals surface area contributed by atoms with E-state index >= 15 is 0 Å². The maximum Gasteiger partial charge on any atom is 0.270 e. The van der Waals surface area contributed by atoms with Gasteiger partial charge in [-0.1, -0.05) is 30.3 Å². The summed E-state index contributed by atoms with van der Waals surface area (Å²) < 4.78 is 5.29. The maximum absolute atomic E-state index is 13.4. The van der Waals surface area contributed by atoms with Crippen LogP contribution in [0.15, 0.2) is 72.9 Å². The number of aromatic amines is 2. The lowest BCUT2D eigenvalue weighted by molar-refractivity contribution is -0.139. The molecule has 1 aliphatic heterocycles. The fourth-order valence-electron chi connectivity index (χ4n) is 4.48. The molecular weight excluding hydrogens is 416 g/mol. The highest BCUT2D eigenvalue weighted by Crippen LogP contribution is 2.24. The molecule has 1 aliphatic rings. The Balaban J connectivity index is 1.40. The van der Waals surface area contributed by atoms with Crippen molar-refractivity contribution in [2.45, 2.75) is 19.0 Å². The topological polar surface area (TPSA) is 81.4 Å². The number of hydrogen-bond acceptors (Lipinski definition) is 3. The van der Waals surface area contributed by atoms with Gasteiger partial charge in [0.1, 0.15) is 18.0 Å². The van der Waals surface area contributed by atoms with Gasteiger partial charge in [-0.15, -0.1) is 0 Å². The second kappa shape index (κ2) is 8.86. The van der Waals surface area contributed by atoms with Crippen LogP contribution in [0.1, 0.15) is 21.7 Å². The summed E-state index contributed by atoms with van der Waals surface area (Å²) in [5, 5.41) is 0.898. The number of rotatable bonds is 6. The van der Waals surface area contributed by atoms with E-state index in [1.54, 1.807) is 12.0 Å². The van der Waals surface area contributed by atoms with Crippen molar-refractivity contribution in [3.8, 4) is 5.75 Å². The van der Waals surface area contributed by atoms with Gasteiger partial charge in [0.25, 0.3) is 5.91 Å². The molecule has 0 spiro atoms. The zero-order valence-corrected chi connectivity index (χ0v) is 18.5. The Hall–Kier alpha value is -4.00. The summed E-state index contributed by atoms with van der Waals surface area (Å²) in [6.07, 6.45) is 2.54. The van der Waals surface area contributed by atoms with Crippen LogP contribution < -0.4 is 4.74 Å². The first-order valence-corrected chi connectivity index (χ1v) is 11.0. The zero-order chi connectivity index (χ0) is 22.8. The van der Waals surface area contributed by atoms with Gasteiger partial charge >= 0.3 is 0 Å². The second-order valence-electron chi connectivity index (χ2n) is 8.38. The number of carbonyl (C=O) groups excluding carboxylic acids is 2.